The fourth-order valence-corrected chi connectivity index (χ4v) is 5.00. The molecule has 1 aliphatic rings. The van der Waals surface area contributed by atoms with E-state index in [-0.39, 0.29) is 35.8 Å². The Morgan fingerprint density at radius 3 is 2.44 bits per heavy atom. The summed E-state index contributed by atoms with van der Waals surface area (Å²) in [7, 11) is -3.61. The number of sulfonamides is 1. The second-order valence-electron chi connectivity index (χ2n) is 8.05. The number of benzene rings is 2. The molecule has 0 saturated carbocycles. The van der Waals surface area contributed by atoms with E-state index in [1.165, 1.54) is 22.5 Å². The van der Waals surface area contributed by atoms with Crippen molar-refractivity contribution in [3.8, 4) is 5.75 Å². The molecule has 0 aromatic heterocycles. The number of anilines is 1. The molecule has 32 heavy (non-hydrogen) atoms. The molecule has 3 rings (SSSR count). The van der Waals surface area contributed by atoms with Gasteiger partial charge in [-0.25, -0.2) is 12.8 Å². The average Bonchev–Trinajstić information content (AvgIpc) is 2.78. The number of hydrogen-bond donors (Lipinski definition) is 2. The molecule has 1 heterocycles. The number of nitrogens with zero attached hydrogens (tertiary/aromatic N) is 1. The van der Waals surface area contributed by atoms with Crippen LogP contribution >= 0.6 is 0 Å². The van der Waals surface area contributed by atoms with Gasteiger partial charge in [0.05, 0.1) is 23.2 Å². The zero-order valence-electron chi connectivity index (χ0n) is 18.4. The summed E-state index contributed by atoms with van der Waals surface area (Å²) in [5.74, 6) is -0.142. The predicted molar refractivity (Wildman–Crippen MR) is 122 cm³/mol. The summed E-state index contributed by atoms with van der Waals surface area (Å²) in [6.45, 7) is 4.97. The molecule has 0 radical (unpaired) electrons. The molecule has 1 fully saturated rings. The quantitative estimate of drug-likeness (QED) is 0.594. The monoisotopic (exact) mass is 463 g/mol. The number of nitrogens with one attached hydrogen (secondary N) is 2. The lowest BCUT2D eigenvalue weighted by Gasteiger charge is -2.26. The molecule has 0 spiro atoms. The maximum Gasteiger partial charge on any atom is 0.243 e. The van der Waals surface area contributed by atoms with Crippen LogP contribution in [0, 0.1) is 5.82 Å². The molecule has 1 amide bonds. The molecule has 9 heteroatoms. The van der Waals surface area contributed by atoms with E-state index in [2.05, 4.69) is 10.6 Å². The normalized spacial score (nSPS) is 14.9. The van der Waals surface area contributed by atoms with Crippen LogP contribution in [0.15, 0.2) is 47.4 Å². The molecular weight excluding hydrogens is 433 g/mol. The fourth-order valence-electron chi connectivity index (χ4n) is 3.46. The number of carbonyl (C=O) groups excluding carboxylic acids is 1. The van der Waals surface area contributed by atoms with Gasteiger partial charge in [-0.1, -0.05) is 18.6 Å². The summed E-state index contributed by atoms with van der Waals surface area (Å²) in [5, 5.41) is 5.75. The van der Waals surface area contributed by atoms with Crippen molar-refractivity contribution in [2.75, 3.05) is 25.0 Å². The lowest BCUT2D eigenvalue weighted by Crippen LogP contribution is -2.35. The molecule has 1 aliphatic heterocycles. The molecule has 2 aromatic carbocycles. The van der Waals surface area contributed by atoms with E-state index in [0.717, 1.165) is 24.8 Å². The number of ether oxygens (including phenoxy) is 1. The first-order valence-electron chi connectivity index (χ1n) is 10.8. The van der Waals surface area contributed by atoms with Crippen LogP contribution in [0.2, 0.25) is 0 Å². The van der Waals surface area contributed by atoms with Crippen molar-refractivity contribution in [2.45, 2.75) is 50.7 Å². The molecule has 0 unspecified atom stereocenters. The topological polar surface area (TPSA) is 87.7 Å². The zero-order chi connectivity index (χ0) is 23.1. The Morgan fingerprint density at radius 1 is 1.09 bits per heavy atom. The maximum atomic E-state index is 13.0. The first-order valence-corrected chi connectivity index (χ1v) is 12.3. The van der Waals surface area contributed by atoms with Crippen molar-refractivity contribution in [3.63, 3.8) is 0 Å². The van der Waals surface area contributed by atoms with Crippen LogP contribution in [0.5, 0.6) is 5.75 Å². The molecule has 2 N–H and O–H groups in total. The van der Waals surface area contributed by atoms with Gasteiger partial charge >= 0.3 is 0 Å². The highest BCUT2D eigenvalue weighted by Crippen LogP contribution is 2.30. The molecule has 0 bridgehead atoms. The van der Waals surface area contributed by atoms with Gasteiger partial charge in [0.15, 0.2) is 0 Å². The number of amides is 1. The van der Waals surface area contributed by atoms with Gasteiger partial charge in [0.2, 0.25) is 15.9 Å². The van der Waals surface area contributed by atoms with Crippen LogP contribution in [0.3, 0.4) is 0 Å². The number of halogens is 1. The van der Waals surface area contributed by atoms with Crippen molar-refractivity contribution in [1.82, 2.24) is 9.62 Å². The van der Waals surface area contributed by atoms with Crippen molar-refractivity contribution in [1.29, 1.82) is 0 Å². The van der Waals surface area contributed by atoms with Gasteiger partial charge in [0.25, 0.3) is 0 Å². The van der Waals surface area contributed by atoms with E-state index < -0.39 is 10.0 Å². The Morgan fingerprint density at radius 2 is 1.78 bits per heavy atom. The molecule has 1 saturated heterocycles. The molecular formula is C23H30FN3O4S. The highest BCUT2D eigenvalue weighted by molar-refractivity contribution is 7.89. The van der Waals surface area contributed by atoms with Crippen LogP contribution in [-0.4, -0.2) is 44.4 Å². The summed E-state index contributed by atoms with van der Waals surface area (Å²) in [6.07, 6.45) is 2.63. The maximum absolute atomic E-state index is 13.0. The van der Waals surface area contributed by atoms with Crippen molar-refractivity contribution < 1.29 is 22.3 Å². The van der Waals surface area contributed by atoms with Gasteiger partial charge in [0.1, 0.15) is 11.6 Å². The van der Waals surface area contributed by atoms with Gasteiger partial charge in [-0.15, -0.1) is 0 Å². The second-order valence-corrected chi connectivity index (χ2v) is 9.98. The van der Waals surface area contributed by atoms with Gasteiger partial charge < -0.3 is 15.4 Å². The third kappa shape index (κ3) is 6.43. The van der Waals surface area contributed by atoms with Crippen LogP contribution in [0.1, 0.15) is 38.7 Å². The Balaban J connectivity index is 1.70. The van der Waals surface area contributed by atoms with E-state index in [9.17, 15) is 17.6 Å². The number of rotatable bonds is 9. The fraction of sp³-hybridized carbons (Fsp3) is 0.435. The second kappa shape index (κ2) is 10.8. The first-order chi connectivity index (χ1) is 15.3. The van der Waals surface area contributed by atoms with Crippen molar-refractivity contribution >= 4 is 21.6 Å². The average molecular weight is 464 g/mol. The minimum Gasteiger partial charge on any atom is -0.489 e. The van der Waals surface area contributed by atoms with Gasteiger partial charge in [0, 0.05) is 19.6 Å². The van der Waals surface area contributed by atoms with Gasteiger partial charge in [-0.2, -0.15) is 4.31 Å². The Kier molecular flexibility index (Phi) is 8.09. The van der Waals surface area contributed by atoms with Crippen LogP contribution < -0.4 is 15.4 Å². The van der Waals surface area contributed by atoms with E-state index >= 15 is 0 Å². The standard InChI is InChI=1S/C23H30FN3O4S/c1-17(2)31-22-11-10-20(32(29,30)27-12-4-3-5-13-27)14-21(22)25-16-23(28)26-15-18-6-8-19(24)9-7-18/h6-11,14,17,25H,3-5,12-13,15-16H2,1-2H3,(H,26,28). The van der Waals surface area contributed by atoms with Crippen LogP contribution in [0.4, 0.5) is 10.1 Å². The van der Waals surface area contributed by atoms with Gasteiger partial charge in [-0.05, 0) is 62.6 Å². The summed E-state index contributed by atoms with van der Waals surface area (Å²) in [6, 6.07) is 10.6. The molecule has 2 aromatic rings. The SMILES string of the molecule is CC(C)Oc1ccc(S(=O)(=O)N2CCCCC2)cc1NCC(=O)NCc1ccc(F)cc1. The molecule has 0 aliphatic carbocycles. The van der Waals surface area contributed by atoms with E-state index in [1.54, 1.807) is 24.3 Å². The summed E-state index contributed by atoms with van der Waals surface area (Å²) in [5.41, 5.74) is 1.21. The lowest BCUT2D eigenvalue weighted by molar-refractivity contribution is -0.119. The number of carbonyl (C=O) groups is 1. The molecule has 0 atom stereocenters. The van der Waals surface area contributed by atoms with Crippen molar-refractivity contribution in [3.05, 3.63) is 53.8 Å². The Bertz CT molecular complexity index is 1020. The smallest absolute Gasteiger partial charge is 0.243 e. The summed E-state index contributed by atoms with van der Waals surface area (Å²) in [4.78, 5) is 12.5. The molecule has 7 nitrogen and oxygen atoms in total. The van der Waals surface area contributed by atoms with E-state index in [4.69, 9.17) is 4.74 Å². The largest absolute Gasteiger partial charge is 0.489 e. The van der Waals surface area contributed by atoms with E-state index in [0.29, 0.717) is 24.5 Å². The van der Waals surface area contributed by atoms with E-state index in [1.807, 2.05) is 13.8 Å². The molecule has 174 valence electrons. The highest BCUT2D eigenvalue weighted by atomic mass is 32.2. The summed E-state index contributed by atoms with van der Waals surface area (Å²) >= 11 is 0. The third-order valence-corrected chi connectivity index (χ3v) is 7.00. The van der Waals surface area contributed by atoms with Crippen LogP contribution in [0.25, 0.3) is 0 Å². The van der Waals surface area contributed by atoms with Gasteiger partial charge in [-0.3, -0.25) is 4.79 Å². The van der Waals surface area contributed by atoms with Crippen LogP contribution in [-0.2, 0) is 21.4 Å². The minimum absolute atomic E-state index is 0.0666. The highest BCUT2D eigenvalue weighted by Gasteiger charge is 2.27. The predicted octanol–water partition coefficient (Wildman–Crippen LogP) is 3.52. The first kappa shape index (κ1) is 24.0. The number of hydrogen-bond acceptors (Lipinski definition) is 5. The minimum atomic E-state index is -3.61. The Hall–Kier alpha value is -2.65. The zero-order valence-corrected chi connectivity index (χ0v) is 19.3. The third-order valence-electron chi connectivity index (χ3n) is 5.11. The summed E-state index contributed by atoms with van der Waals surface area (Å²) < 4.78 is 46.4. The lowest BCUT2D eigenvalue weighted by atomic mass is 10.2. The Labute approximate surface area is 189 Å². The van der Waals surface area contributed by atoms with Crippen molar-refractivity contribution in [2.24, 2.45) is 0 Å². The number of piperidine rings is 1.